The summed E-state index contributed by atoms with van der Waals surface area (Å²) in [5.74, 6) is 2.02. The fraction of sp³-hybridized carbons (Fsp3) is 0.500. The topological polar surface area (TPSA) is 59.6 Å². The third-order valence-electron chi connectivity index (χ3n) is 2.81. The number of hydrogen-bond donors (Lipinski definition) is 2. The maximum absolute atomic E-state index is 11.5. The molecule has 1 aromatic rings. The summed E-state index contributed by atoms with van der Waals surface area (Å²) >= 11 is 0. The Balaban J connectivity index is 1.72. The Kier molecular flexibility index (Phi) is 4.49. The lowest BCUT2D eigenvalue weighted by Crippen LogP contribution is -2.38. The van der Waals surface area contributed by atoms with E-state index in [-0.39, 0.29) is 12.8 Å². The monoisotopic (exact) mass is 264 g/mol. The average Bonchev–Trinajstić information content (AvgIpc) is 2.83. The van der Waals surface area contributed by atoms with E-state index in [1.165, 1.54) is 0 Å². The van der Waals surface area contributed by atoms with Crippen LogP contribution in [0.5, 0.6) is 11.5 Å². The van der Waals surface area contributed by atoms with E-state index in [1.54, 1.807) is 0 Å². The first-order chi connectivity index (χ1) is 9.15. The second kappa shape index (κ2) is 6.31. The van der Waals surface area contributed by atoms with E-state index in [1.807, 2.05) is 18.2 Å². The number of carbonyl (C=O) groups excluding carboxylic acids is 1. The third kappa shape index (κ3) is 4.05. The third-order valence-corrected chi connectivity index (χ3v) is 2.81. The molecule has 2 amide bonds. The van der Waals surface area contributed by atoms with Gasteiger partial charge in [-0.05, 0) is 30.0 Å². The predicted molar refractivity (Wildman–Crippen MR) is 72.5 cm³/mol. The molecule has 2 N–H and O–H groups in total. The van der Waals surface area contributed by atoms with E-state index < -0.39 is 0 Å². The molecule has 19 heavy (non-hydrogen) atoms. The molecule has 0 fully saturated rings. The van der Waals surface area contributed by atoms with Crippen LogP contribution in [0.15, 0.2) is 18.2 Å². The molecule has 0 aromatic heterocycles. The van der Waals surface area contributed by atoms with E-state index in [0.717, 1.165) is 23.5 Å². The van der Waals surface area contributed by atoms with Crippen LogP contribution in [0.25, 0.3) is 0 Å². The van der Waals surface area contributed by atoms with Gasteiger partial charge in [-0.2, -0.15) is 0 Å². The average molecular weight is 264 g/mol. The smallest absolute Gasteiger partial charge is 0.314 e. The molecule has 0 saturated carbocycles. The summed E-state index contributed by atoms with van der Waals surface area (Å²) in [6.45, 7) is 5.70. The van der Waals surface area contributed by atoms with Crippen LogP contribution in [0.2, 0.25) is 0 Å². The van der Waals surface area contributed by atoms with Crippen LogP contribution in [-0.4, -0.2) is 25.9 Å². The van der Waals surface area contributed by atoms with Gasteiger partial charge in [0, 0.05) is 13.1 Å². The van der Waals surface area contributed by atoms with Crippen LogP contribution in [0.4, 0.5) is 4.79 Å². The van der Waals surface area contributed by atoms with Crippen molar-refractivity contribution in [1.82, 2.24) is 10.6 Å². The molecule has 0 bridgehead atoms. The van der Waals surface area contributed by atoms with Crippen molar-refractivity contribution in [2.24, 2.45) is 5.92 Å². The molecule has 1 heterocycles. The molecule has 104 valence electrons. The minimum atomic E-state index is -0.116. The Bertz CT molecular complexity index is 446. The number of rotatable bonds is 5. The molecule has 0 atom stereocenters. The van der Waals surface area contributed by atoms with E-state index >= 15 is 0 Å². The zero-order chi connectivity index (χ0) is 13.7. The Hall–Kier alpha value is -1.91. The summed E-state index contributed by atoms with van der Waals surface area (Å²) in [4.78, 5) is 11.5. The zero-order valence-electron chi connectivity index (χ0n) is 11.4. The van der Waals surface area contributed by atoms with Crippen molar-refractivity contribution < 1.29 is 14.3 Å². The van der Waals surface area contributed by atoms with Gasteiger partial charge < -0.3 is 20.1 Å². The Morgan fingerprint density at radius 2 is 2.05 bits per heavy atom. The normalized spacial score (nSPS) is 12.6. The van der Waals surface area contributed by atoms with Gasteiger partial charge in [0.15, 0.2) is 11.5 Å². The van der Waals surface area contributed by atoms with Gasteiger partial charge in [0.2, 0.25) is 6.79 Å². The van der Waals surface area contributed by atoms with Crippen molar-refractivity contribution in [3.05, 3.63) is 23.8 Å². The molecule has 1 aliphatic heterocycles. The lowest BCUT2D eigenvalue weighted by Gasteiger charge is -2.09. The van der Waals surface area contributed by atoms with Crippen molar-refractivity contribution in [3.8, 4) is 11.5 Å². The highest BCUT2D eigenvalue weighted by atomic mass is 16.7. The molecule has 1 aliphatic rings. The largest absolute Gasteiger partial charge is 0.454 e. The Labute approximate surface area is 113 Å². The molecular weight excluding hydrogens is 244 g/mol. The molecule has 5 nitrogen and oxygen atoms in total. The second-order valence-electron chi connectivity index (χ2n) is 4.97. The number of fused-ring (bicyclic) bond motifs is 1. The minimum absolute atomic E-state index is 0.116. The van der Waals surface area contributed by atoms with Crippen molar-refractivity contribution in [3.63, 3.8) is 0 Å². The fourth-order valence-electron chi connectivity index (χ4n) is 1.78. The van der Waals surface area contributed by atoms with Crippen LogP contribution >= 0.6 is 0 Å². The number of urea groups is 1. The first-order valence-electron chi connectivity index (χ1n) is 6.55. The molecule has 0 unspecified atom stereocenters. The number of benzene rings is 1. The maximum Gasteiger partial charge on any atom is 0.314 e. The van der Waals surface area contributed by atoms with Crippen molar-refractivity contribution in [1.29, 1.82) is 0 Å². The van der Waals surface area contributed by atoms with E-state index in [0.29, 0.717) is 19.0 Å². The molecule has 0 aliphatic carbocycles. The minimum Gasteiger partial charge on any atom is -0.454 e. The highest BCUT2D eigenvalue weighted by Gasteiger charge is 2.12. The van der Waals surface area contributed by atoms with Crippen molar-refractivity contribution in [2.45, 2.75) is 20.3 Å². The summed E-state index contributed by atoms with van der Waals surface area (Å²) in [5, 5.41) is 5.65. The van der Waals surface area contributed by atoms with Crippen LogP contribution < -0.4 is 20.1 Å². The van der Waals surface area contributed by atoms with Gasteiger partial charge >= 0.3 is 6.03 Å². The van der Waals surface area contributed by atoms with E-state index in [9.17, 15) is 4.79 Å². The Morgan fingerprint density at radius 1 is 1.26 bits per heavy atom. The number of carbonyl (C=O) groups is 1. The van der Waals surface area contributed by atoms with Crippen LogP contribution in [-0.2, 0) is 6.42 Å². The first kappa shape index (κ1) is 13.5. The second-order valence-corrected chi connectivity index (χ2v) is 4.97. The Morgan fingerprint density at radius 3 is 2.84 bits per heavy atom. The summed E-state index contributed by atoms with van der Waals surface area (Å²) in [7, 11) is 0. The number of amides is 2. The molecule has 0 saturated heterocycles. The molecule has 5 heteroatoms. The summed E-state index contributed by atoms with van der Waals surface area (Å²) in [6.07, 6.45) is 0.770. The van der Waals surface area contributed by atoms with Crippen LogP contribution in [0.1, 0.15) is 19.4 Å². The SMILES string of the molecule is CC(C)CNC(=O)NCCc1ccc2c(c1)OCO2. The van der Waals surface area contributed by atoms with Crippen LogP contribution in [0, 0.1) is 5.92 Å². The van der Waals surface area contributed by atoms with Crippen LogP contribution in [0.3, 0.4) is 0 Å². The summed E-state index contributed by atoms with van der Waals surface area (Å²) in [5.41, 5.74) is 1.12. The van der Waals surface area contributed by atoms with Crippen molar-refractivity contribution in [2.75, 3.05) is 19.9 Å². The first-order valence-corrected chi connectivity index (χ1v) is 6.55. The lowest BCUT2D eigenvalue weighted by molar-refractivity contribution is 0.174. The lowest BCUT2D eigenvalue weighted by atomic mass is 10.1. The van der Waals surface area contributed by atoms with E-state index in [4.69, 9.17) is 9.47 Å². The molecule has 2 rings (SSSR count). The summed E-state index contributed by atoms with van der Waals surface area (Å²) in [6, 6.07) is 5.72. The van der Waals surface area contributed by atoms with Gasteiger partial charge in [-0.1, -0.05) is 19.9 Å². The number of ether oxygens (including phenoxy) is 2. The molecule has 0 spiro atoms. The molecule has 0 radical (unpaired) electrons. The zero-order valence-corrected chi connectivity index (χ0v) is 11.4. The van der Waals surface area contributed by atoms with Gasteiger partial charge in [0.25, 0.3) is 0 Å². The van der Waals surface area contributed by atoms with Gasteiger partial charge in [-0.3, -0.25) is 0 Å². The fourth-order valence-corrected chi connectivity index (χ4v) is 1.78. The number of nitrogens with one attached hydrogen (secondary N) is 2. The highest BCUT2D eigenvalue weighted by Crippen LogP contribution is 2.32. The maximum atomic E-state index is 11.5. The highest BCUT2D eigenvalue weighted by molar-refractivity contribution is 5.73. The summed E-state index contributed by atoms with van der Waals surface area (Å²) < 4.78 is 10.6. The number of hydrogen-bond acceptors (Lipinski definition) is 3. The van der Waals surface area contributed by atoms with Gasteiger partial charge in [0.1, 0.15) is 0 Å². The van der Waals surface area contributed by atoms with Crippen molar-refractivity contribution >= 4 is 6.03 Å². The molecule has 1 aromatic carbocycles. The van der Waals surface area contributed by atoms with Gasteiger partial charge in [-0.15, -0.1) is 0 Å². The van der Waals surface area contributed by atoms with Gasteiger partial charge in [0.05, 0.1) is 0 Å². The quantitative estimate of drug-likeness (QED) is 0.854. The molecular formula is C14H20N2O3. The van der Waals surface area contributed by atoms with E-state index in [2.05, 4.69) is 24.5 Å². The van der Waals surface area contributed by atoms with Gasteiger partial charge in [-0.25, -0.2) is 4.79 Å². The standard InChI is InChI=1S/C14H20N2O3/c1-10(2)8-16-14(17)15-6-5-11-3-4-12-13(7-11)19-9-18-12/h3-4,7,10H,5-6,8-9H2,1-2H3,(H2,15,16,17). The predicted octanol–water partition coefficient (Wildman–Crippen LogP) is 1.91.